The van der Waals surface area contributed by atoms with Crippen LogP contribution >= 0.6 is 90.4 Å². The SMILES string of the molecule is Oc1c(I)c(I)c(I)c(I)c1C(F)(F)F. The summed E-state index contributed by atoms with van der Waals surface area (Å²) in [5.74, 6) is -0.683. The molecule has 0 heterocycles. The summed E-state index contributed by atoms with van der Waals surface area (Å²) in [5, 5.41) is 9.48. The van der Waals surface area contributed by atoms with Gasteiger partial charge in [0, 0.05) is 10.7 Å². The van der Waals surface area contributed by atoms with Crippen molar-refractivity contribution in [1.82, 2.24) is 0 Å². The van der Waals surface area contributed by atoms with Gasteiger partial charge in [0.05, 0.1) is 3.57 Å². The third-order valence-electron chi connectivity index (χ3n) is 1.53. The van der Waals surface area contributed by atoms with Gasteiger partial charge in [-0.05, 0) is 90.4 Å². The van der Waals surface area contributed by atoms with Gasteiger partial charge < -0.3 is 5.11 Å². The second-order valence-corrected chi connectivity index (χ2v) is 6.79. The van der Waals surface area contributed by atoms with Crippen LogP contribution in [0.4, 0.5) is 13.2 Å². The molecular formula is C7HF3I4O. The van der Waals surface area contributed by atoms with E-state index in [1.165, 1.54) is 0 Å². The van der Waals surface area contributed by atoms with Crippen molar-refractivity contribution in [3.05, 3.63) is 19.8 Å². The first-order chi connectivity index (χ1) is 6.68. The van der Waals surface area contributed by atoms with E-state index in [1.54, 1.807) is 45.2 Å². The average Bonchev–Trinajstić information content (AvgIpc) is 2.09. The maximum atomic E-state index is 12.6. The molecule has 0 aliphatic carbocycles. The van der Waals surface area contributed by atoms with Gasteiger partial charge in [0.25, 0.3) is 0 Å². The minimum atomic E-state index is -4.52. The Balaban J connectivity index is 3.68. The fourth-order valence-corrected chi connectivity index (χ4v) is 4.35. The highest BCUT2D eigenvalue weighted by Gasteiger charge is 2.39. The fourth-order valence-electron chi connectivity index (χ4n) is 0.879. The average molecular weight is 666 g/mol. The predicted octanol–water partition coefficient (Wildman–Crippen LogP) is 4.83. The molecule has 0 bridgehead atoms. The van der Waals surface area contributed by atoms with Crippen molar-refractivity contribution >= 4 is 90.4 Å². The van der Waals surface area contributed by atoms with E-state index in [9.17, 15) is 18.3 Å². The molecule has 1 aromatic rings. The Labute approximate surface area is 138 Å². The lowest BCUT2D eigenvalue weighted by Crippen LogP contribution is -2.11. The Kier molecular flexibility index (Phi) is 5.08. The minimum Gasteiger partial charge on any atom is -0.506 e. The van der Waals surface area contributed by atoms with Crippen LogP contribution in [0.25, 0.3) is 0 Å². The summed E-state index contributed by atoms with van der Waals surface area (Å²) in [6.07, 6.45) is -4.52. The molecule has 1 rings (SSSR count). The number of aromatic hydroxyl groups is 1. The molecule has 1 nitrogen and oxygen atoms in total. The lowest BCUT2D eigenvalue weighted by Gasteiger charge is -2.15. The minimum absolute atomic E-state index is 0.0445. The summed E-state index contributed by atoms with van der Waals surface area (Å²) in [6, 6.07) is 0. The maximum absolute atomic E-state index is 12.6. The predicted molar refractivity (Wildman–Crippen MR) is 84.0 cm³/mol. The summed E-state index contributed by atoms with van der Waals surface area (Å²) in [4.78, 5) is 0. The Morgan fingerprint density at radius 3 is 1.60 bits per heavy atom. The Morgan fingerprint density at radius 1 is 0.800 bits per heavy atom. The van der Waals surface area contributed by atoms with Crippen molar-refractivity contribution in [1.29, 1.82) is 0 Å². The normalized spacial score (nSPS) is 11.9. The van der Waals surface area contributed by atoms with E-state index in [0.717, 1.165) is 0 Å². The molecule has 0 atom stereocenters. The molecule has 0 aliphatic heterocycles. The number of alkyl halides is 3. The standard InChI is InChI=1S/C7HF3I4O/c8-7(9,10)1-2(11)3(12)4(13)5(14)6(1)15/h15H. The third-order valence-corrected chi connectivity index (χ3v) is 8.91. The van der Waals surface area contributed by atoms with Crippen LogP contribution in [0.3, 0.4) is 0 Å². The fraction of sp³-hybridized carbons (Fsp3) is 0.143. The first kappa shape index (κ1) is 14.8. The zero-order valence-corrected chi connectivity index (χ0v) is 15.2. The molecule has 0 fully saturated rings. The van der Waals surface area contributed by atoms with Crippen molar-refractivity contribution in [2.24, 2.45) is 0 Å². The van der Waals surface area contributed by atoms with Crippen LogP contribution in [0.2, 0.25) is 0 Å². The number of phenols is 1. The van der Waals surface area contributed by atoms with Crippen molar-refractivity contribution in [2.75, 3.05) is 0 Å². The van der Waals surface area contributed by atoms with Crippen LogP contribution in [-0.2, 0) is 6.18 Å². The smallest absolute Gasteiger partial charge is 0.421 e. The van der Waals surface area contributed by atoms with Crippen LogP contribution < -0.4 is 0 Å². The van der Waals surface area contributed by atoms with E-state index in [0.29, 0.717) is 7.14 Å². The summed E-state index contributed by atoms with van der Waals surface area (Å²) in [7, 11) is 0. The highest BCUT2D eigenvalue weighted by molar-refractivity contribution is 14.1. The monoisotopic (exact) mass is 666 g/mol. The molecule has 0 spiro atoms. The summed E-state index contributed by atoms with van der Waals surface area (Å²) in [5.41, 5.74) is -0.947. The molecule has 8 heteroatoms. The van der Waals surface area contributed by atoms with Crippen LogP contribution in [0.15, 0.2) is 0 Å². The molecule has 0 saturated carbocycles. The number of halogens is 7. The van der Waals surface area contributed by atoms with Gasteiger partial charge in [0.15, 0.2) is 0 Å². The van der Waals surface area contributed by atoms with Crippen molar-refractivity contribution in [2.45, 2.75) is 6.18 Å². The van der Waals surface area contributed by atoms with Gasteiger partial charge in [-0.15, -0.1) is 0 Å². The lowest BCUT2D eigenvalue weighted by atomic mass is 10.2. The van der Waals surface area contributed by atoms with Crippen molar-refractivity contribution in [3.8, 4) is 5.75 Å². The van der Waals surface area contributed by atoms with Gasteiger partial charge in [0.1, 0.15) is 11.3 Å². The van der Waals surface area contributed by atoms with Crippen LogP contribution in [0.5, 0.6) is 5.75 Å². The highest BCUT2D eigenvalue weighted by Crippen LogP contribution is 2.44. The van der Waals surface area contributed by atoms with Gasteiger partial charge in [0.2, 0.25) is 0 Å². The number of hydrogen-bond acceptors (Lipinski definition) is 1. The first-order valence-corrected chi connectivity index (χ1v) is 7.61. The Hall–Kier alpha value is 1.73. The molecule has 1 aromatic carbocycles. The Bertz CT molecular complexity index is 387. The Morgan fingerprint density at radius 2 is 1.20 bits per heavy atom. The molecule has 0 aromatic heterocycles. The summed E-state index contributed by atoms with van der Waals surface area (Å²) in [6.45, 7) is 0. The third kappa shape index (κ3) is 2.95. The molecule has 84 valence electrons. The maximum Gasteiger partial charge on any atom is 0.421 e. The van der Waals surface area contributed by atoms with E-state index in [2.05, 4.69) is 0 Å². The molecule has 0 amide bonds. The summed E-state index contributed by atoms with van der Waals surface area (Å²) < 4.78 is 39.3. The molecule has 0 unspecified atom stereocenters. The van der Waals surface area contributed by atoms with Gasteiger partial charge in [-0.2, -0.15) is 13.2 Å². The number of phenolic OH excluding ortho intramolecular Hbond substituents is 1. The van der Waals surface area contributed by atoms with Gasteiger partial charge in [-0.25, -0.2) is 0 Å². The van der Waals surface area contributed by atoms with Crippen LogP contribution in [0, 0.1) is 14.3 Å². The van der Waals surface area contributed by atoms with Gasteiger partial charge in [-0.3, -0.25) is 0 Å². The second kappa shape index (κ2) is 5.16. The second-order valence-electron chi connectivity index (χ2n) is 2.48. The molecule has 0 saturated heterocycles. The quantitative estimate of drug-likeness (QED) is 0.239. The molecule has 0 radical (unpaired) electrons. The van der Waals surface area contributed by atoms with E-state index in [-0.39, 0.29) is 7.14 Å². The zero-order chi connectivity index (χ0) is 12.0. The van der Waals surface area contributed by atoms with Crippen LogP contribution in [0.1, 0.15) is 5.56 Å². The molecule has 1 N–H and O–H groups in total. The number of rotatable bonds is 0. The highest BCUT2D eigenvalue weighted by atomic mass is 127. The topological polar surface area (TPSA) is 20.2 Å². The van der Waals surface area contributed by atoms with E-state index < -0.39 is 17.5 Å². The van der Waals surface area contributed by atoms with Gasteiger partial charge in [-0.1, -0.05) is 0 Å². The lowest BCUT2D eigenvalue weighted by molar-refractivity contribution is -0.139. The molecule has 15 heavy (non-hydrogen) atoms. The largest absolute Gasteiger partial charge is 0.506 e. The van der Waals surface area contributed by atoms with Crippen molar-refractivity contribution in [3.63, 3.8) is 0 Å². The summed E-state index contributed by atoms with van der Waals surface area (Å²) >= 11 is 7.08. The van der Waals surface area contributed by atoms with Crippen molar-refractivity contribution < 1.29 is 18.3 Å². The van der Waals surface area contributed by atoms with E-state index >= 15 is 0 Å². The molecule has 0 aliphatic rings. The number of benzene rings is 1. The van der Waals surface area contributed by atoms with E-state index in [4.69, 9.17) is 0 Å². The van der Waals surface area contributed by atoms with Gasteiger partial charge >= 0.3 is 6.18 Å². The van der Waals surface area contributed by atoms with Crippen LogP contribution in [-0.4, -0.2) is 5.11 Å². The molecular weight excluding hydrogens is 665 g/mol. The zero-order valence-electron chi connectivity index (χ0n) is 6.59. The number of hydrogen-bond donors (Lipinski definition) is 1. The van der Waals surface area contributed by atoms with E-state index in [1.807, 2.05) is 45.2 Å². The first-order valence-electron chi connectivity index (χ1n) is 3.30.